The highest BCUT2D eigenvalue weighted by atomic mass is 35.5. The van der Waals surface area contributed by atoms with Crippen LogP contribution in [-0.2, 0) is 9.84 Å². The molecule has 1 aliphatic carbocycles. The standard InChI is InChI=1S/C20H18Cl3NO2S/c1-2-13-3-5-14(6-4-13)20(19-17(22)11-12-18(23)24-19)27(25,26)16-9-7-15(21)8-10-16/h3,5-13,20H,2,4H2,1H3/t13-,20?/m1/s1. The molecule has 0 bridgehead atoms. The van der Waals surface area contributed by atoms with E-state index in [1.165, 1.54) is 18.2 Å². The third-order valence-corrected chi connectivity index (χ3v) is 7.41. The van der Waals surface area contributed by atoms with Crippen molar-refractivity contribution in [2.24, 2.45) is 5.92 Å². The van der Waals surface area contributed by atoms with Crippen LogP contribution in [0.3, 0.4) is 0 Å². The van der Waals surface area contributed by atoms with Gasteiger partial charge in [-0.1, -0.05) is 60.0 Å². The summed E-state index contributed by atoms with van der Waals surface area (Å²) in [4.78, 5) is 4.40. The van der Waals surface area contributed by atoms with Crippen molar-refractivity contribution in [2.75, 3.05) is 0 Å². The number of allylic oxidation sites excluding steroid dienone is 3. The summed E-state index contributed by atoms with van der Waals surface area (Å²) in [7, 11) is -3.82. The molecule has 2 atom stereocenters. The summed E-state index contributed by atoms with van der Waals surface area (Å²) >= 11 is 18.3. The minimum atomic E-state index is -3.82. The number of sulfone groups is 1. The van der Waals surface area contributed by atoms with Gasteiger partial charge in [0.15, 0.2) is 9.84 Å². The molecule has 0 N–H and O–H groups in total. The molecular formula is C20H18Cl3NO2S. The molecule has 3 rings (SSSR count). The highest BCUT2D eigenvalue weighted by molar-refractivity contribution is 7.92. The van der Waals surface area contributed by atoms with Crippen LogP contribution >= 0.6 is 34.8 Å². The molecule has 0 amide bonds. The Labute approximate surface area is 174 Å². The lowest BCUT2D eigenvalue weighted by Crippen LogP contribution is -2.19. The van der Waals surface area contributed by atoms with Gasteiger partial charge in [-0.2, -0.15) is 0 Å². The lowest BCUT2D eigenvalue weighted by Gasteiger charge is -2.23. The number of aromatic nitrogens is 1. The van der Waals surface area contributed by atoms with Crippen LogP contribution in [0.2, 0.25) is 15.2 Å². The lowest BCUT2D eigenvalue weighted by atomic mass is 9.92. The molecule has 0 saturated heterocycles. The molecule has 1 aromatic carbocycles. The quantitative estimate of drug-likeness (QED) is 0.498. The van der Waals surface area contributed by atoms with E-state index in [2.05, 4.69) is 11.9 Å². The number of rotatable bonds is 5. The first-order valence-corrected chi connectivity index (χ1v) is 11.2. The molecule has 1 unspecified atom stereocenters. The second-order valence-corrected chi connectivity index (χ2v) is 9.61. The van der Waals surface area contributed by atoms with E-state index in [0.29, 0.717) is 16.5 Å². The monoisotopic (exact) mass is 441 g/mol. The number of pyridine rings is 1. The third-order valence-electron chi connectivity index (χ3n) is 4.58. The van der Waals surface area contributed by atoms with Gasteiger partial charge in [0.1, 0.15) is 10.4 Å². The average Bonchev–Trinajstić information content (AvgIpc) is 2.65. The van der Waals surface area contributed by atoms with Crippen molar-refractivity contribution in [3.63, 3.8) is 0 Å². The van der Waals surface area contributed by atoms with Crippen LogP contribution in [0.1, 0.15) is 30.7 Å². The minimum Gasteiger partial charge on any atom is -0.238 e. The molecule has 7 heteroatoms. The summed E-state index contributed by atoms with van der Waals surface area (Å²) in [5, 5.41) is -0.128. The Hall–Kier alpha value is -1.33. The zero-order valence-electron chi connectivity index (χ0n) is 14.6. The lowest BCUT2D eigenvalue weighted by molar-refractivity contribution is 0.585. The van der Waals surface area contributed by atoms with Crippen LogP contribution in [0.4, 0.5) is 0 Å². The van der Waals surface area contributed by atoms with Crippen molar-refractivity contribution in [3.05, 3.63) is 81.1 Å². The molecule has 2 aromatic rings. The van der Waals surface area contributed by atoms with Crippen molar-refractivity contribution >= 4 is 44.6 Å². The number of hydrogen-bond acceptors (Lipinski definition) is 3. The van der Waals surface area contributed by atoms with E-state index in [1.807, 2.05) is 18.2 Å². The molecule has 0 fully saturated rings. The van der Waals surface area contributed by atoms with Crippen LogP contribution < -0.4 is 0 Å². The molecule has 0 aliphatic heterocycles. The zero-order chi connectivity index (χ0) is 19.6. The number of benzene rings is 1. The molecule has 142 valence electrons. The number of halogens is 3. The Bertz CT molecular complexity index is 998. The zero-order valence-corrected chi connectivity index (χ0v) is 17.7. The van der Waals surface area contributed by atoms with Gasteiger partial charge in [0.2, 0.25) is 0 Å². The highest BCUT2D eigenvalue weighted by Crippen LogP contribution is 2.40. The first-order valence-electron chi connectivity index (χ1n) is 8.52. The predicted molar refractivity (Wildman–Crippen MR) is 111 cm³/mol. The third kappa shape index (κ3) is 4.40. The van der Waals surface area contributed by atoms with Gasteiger partial charge < -0.3 is 0 Å². The van der Waals surface area contributed by atoms with Crippen LogP contribution in [0.5, 0.6) is 0 Å². The van der Waals surface area contributed by atoms with E-state index in [-0.39, 0.29) is 20.8 Å². The maximum Gasteiger partial charge on any atom is 0.191 e. The summed E-state index contributed by atoms with van der Waals surface area (Å²) in [5.41, 5.74) is 0.872. The van der Waals surface area contributed by atoms with Gasteiger partial charge in [-0.25, -0.2) is 13.4 Å². The smallest absolute Gasteiger partial charge is 0.191 e. The summed E-state index contributed by atoms with van der Waals surface area (Å²) in [6, 6.07) is 9.19. The largest absolute Gasteiger partial charge is 0.238 e. The number of hydrogen-bond donors (Lipinski definition) is 0. The van der Waals surface area contributed by atoms with Gasteiger partial charge in [-0.15, -0.1) is 0 Å². The Morgan fingerprint density at radius 2 is 1.81 bits per heavy atom. The minimum absolute atomic E-state index is 0.154. The normalized spacial score (nSPS) is 18.2. The molecule has 0 spiro atoms. The first kappa shape index (κ1) is 20.4. The first-order chi connectivity index (χ1) is 12.8. The predicted octanol–water partition coefficient (Wildman–Crippen LogP) is 6.47. The summed E-state index contributed by atoms with van der Waals surface area (Å²) in [6.45, 7) is 2.10. The fourth-order valence-corrected chi connectivity index (χ4v) is 5.39. The molecule has 1 aliphatic rings. The molecule has 0 saturated carbocycles. The van der Waals surface area contributed by atoms with Crippen molar-refractivity contribution < 1.29 is 8.42 Å². The molecular weight excluding hydrogens is 425 g/mol. The van der Waals surface area contributed by atoms with Crippen LogP contribution in [-0.4, -0.2) is 13.4 Å². The Kier molecular flexibility index (Phi) is 6.32. The van der Waals surface area contributed by atoms with Gasteiger partial charge in [-0.3, -0.25) is 0 Å². The van der Waals surface area contributed by atoms with E-state index in [1.54, 1.807) is 18.2 Å². The van der Waals surface area contributed by atoms with E-state index in [0.717, 1.165) is 12.8 Å². The molecule has 0 radical (unpaired) electrons. The second-order valence-electron chi connectivity index (χ2n) is 6.35. The van der Waals surface area contributed by atoms with Crippen LogP contribution in [0.25, 0.3) is 0 Å². The van der Waals surface area contributed by atoms with Gasteiger partial charge in [0, 0.05) is 5.02 Å². The maximum atomic E-state index is 13.5. The summed E-state index contributed by atoms with van der Waals surface area (Å²) in [6.07, 6.45) is 7.61. The Balaban J connectivity index is 2.16. The summed E-state index contributed by atoms with van der Waals surface area (Å²) < 4.78 is 27.0. The molecule has 1 aromatic heterocycles. The SMILES string of the molecule is CC[C@@H]1C=CC(C(c2nc(Cl)ccc2Cl)S(=O)(=O)c2ccc(Cl)cc2)=CC1. The van der Waals surface area contributed by atoms with Crippen molar-refractivity contribution in [2.45, 2.75) is 29.9 Å². The van der Waals surface area contributed by atoms with Crippen LogP contribution in [0.15, 0.2) is 65.1 Å². The Morgan fingerprint density at radius 3 is 2.41 bits per heavy atom. The fraction of sp³-hybridized carbons (Fsp3) is 0.250. The maximum absolute atomic E-state index is 13.5. The van der Waals surface area contributed by atoms with Crippen LogP contribution in [0, 0.1) is 5.92 Å². The van der Waals surface area contributed by atoms with Crippen molar-refractivity contribution in [1.29, 1.82) is 0 Å². The van der Waals surface area contributed by atoms with Crippen molar-refractivity contribution in [1.82, 2.24) is 4.98 Å². The molecule has 3 nitrogen and oxygen atoms in total. The van der Waals surface area contributed by atoms with Crippen molar-refractivity contribution in [3.8, 4) is 0 Å². The second kappa shape index (κ2) is 8.36. The summed E-state index contributed by atoms with van der Waals surface area (Å²) in [5.74, 6) is 0.399. The number of nitrogens with zero attached hydrogens (tertiary/aromatic N) is 1. The van der Waals surface area contributed by atoms with E-state index in [9.17, 15) is 8.42 Å². The van der Waals surface area contributed by atoms with Gasteiger partial charge in [0.05, 0.1) is 15.6 Å². The van der Waals surface area contributed by atoms with E-state index >= 15 is 0 Å². The van der Waals surface area contributed by atoms with E-state index < -0.39 is 15.1 Å². The van der Waals surface area contributed by atoms with Gasteiger partial charge >= 0.3 is 0 Å². The topological polar surface area (TPSA) is 47.0 Å². The van der Waals surface area contributed by atoms with Gasteiger partial charge in [-0.05, 0) is 60.7 Å². The Morgan fingerprint density at radius 1 is 1.11 bits per heavy atom. The fourth-order valence-electron chi connectivity index (χ4n) is 3.04. The van der Waals surface area contributed by atoms with Gasteiger partial charge in [0.25, 0.3) is 0 Å². The molecule has 27 heavy (non-hydrogen) atoms. The molecule has 1 heterocycles. The van der Waals surface area contributed by atoms with E-state index in [4.69, 9.17) is 34.8 Å². The average molecular weight is 443 g/mol. The highest BCUT2D eigenvalue weighted by Gasteiger charge is 2.35.